The van der Waals surface area contributed by atoms with Gasteiger partial charge in [-0.15, -0.1) is 11.8 Å². The first-order valence-electron chi connectivity index (χ1n) is 11.0. The third kappa shape index (κ3) is 5.54. The van der Waals surface area contributed by atoms with Crippen LogP contribution in [0, 0.1) is 19.8 Å². The van der Waals surface area contributed by atoms with E-state index in [4.69, 9.17) is 9.88 Å². The summed E-state index contributed by atoms with van der Waals surface area (Å²) in [6.07, 6.45) is 1.96. The van der Waals surface area contributed by atoms with Crippen LogP contribution in [0.2, 0.25) is 0 Å². The van der Waals surface area contributed by atoms with Crippen molar-refractivity contribution in [1.82, 2.24) is 4.31 Å². The van der Waals surface area contributed by atoms with Crippen LogP contribution in [0.15, 0.2) is 41.3 Å². The molecule has 1 fully saturated rings. The number of nitrogens with two attached hydrogens (primary N) is 1. The van der Waals surface area contributed by atoms with E-state index >= 15 is 0 Å². The second kappa shape index (κ2) is 9.81. The largest absolute Gasteiger partial charge is 0.480 e. The van der Waals surface area contributed by atoms with Crippen LogP contribution in [-0.4, -0.2) is 49.2 Å². The van der Waals surface area contributed by atoms with Crippen molar-refractivity contribution in [2.75, 3.05) is 19.3 Å². The molecule has 2 aromatic carbocycles. The summed E-state index contributed by atoms with van der Waals surface area (Å²) in [6.45, 7) is 8.84. The standard InChI is InChI=1S/C25H32N2O5S2/c1-15-11-19(12-16(2)24(15)32-25(4,5)17(3)28)21-13-27(34(26,30)31)14-22(21)23(29)18-7-9-20(33-6)10-8-18/h7-12,21-22H,13-14H2,1-6H3,(H2,26,30,31)/t21-,22+/m0/s1. The fraction of sp³-hybridized carbons (Fsp3) is 0.440. The minimum Gasteiger partial charge on any atom is -0.480 e. The molecule has 3 rings (SSSR count). The Morgan fingerprint density at radius 2 is 1.65 bits per heavy atom. The van der Waals surface area contributed by atoms with Crippen molar-refractivity contribution in [2.24, 2.45) is 11.1 Å². The van der Waals surface area contributed by atoms with Crippen LogP contribution < -0.4 is 9.88 Å². The molecule has 9 heteroatoms. The lowest BCUT2D eigenvalue weighted by atomic mass is 9.82. The molecule has 184 valence electrons. The summed E-state index contributed by atoms with van der Waals surface area (Å²) in [5.74, 6) is -0.526. The lowest BCUT2D eigenvalue weighted by Crippen LogP contribution is -2.36. The van der Waals surface area contributed by atoms with Crippen molar-refractivity contribution in [3.05, 3.63) is 58.7 Å². The van der Waals surface area contributed by atoms with Gasteiger partial charge in [0.1, 0.15) is 5.75 Å². The molecule has 1 saturated heterocycles. The van der Waals surface area contributed by atoms with Gasteiger partial charge in [0.2, 0.25) is 0 Å². The number of ketones is 2. The number of aryl methyl sites for hydroxylation is 2. The molecule has 0 spiro atoms. The smallest absolute Gasteiger partial charge is 0.276 e. The summed E-state index contributed by atoms with van der Waals surface area (Å²) in [6, 6.07) is 11.1. The van der Waals surface area contributed by atoms with Gasteiger partial charge in [-0.3, -0.25) is 9.59 Å². The highest BCUT2D eigenvalue weighted by atomic mass is 32.2. The molecule has 2 atom stereocenters. The van der Waals surface area contributed by atoms with Crippen LogP contribution in [0.4, 0.5) is 0 Å². The Kier molecular flexibility index (Phi) is 7.62. The predicted molar refractivity (Wildman–Crippen MR) is 135 cm³/mol. The van der Waals surface area contributed by atoms with Crippen molar-refractivity contribution in [2.45, 2.75) is 51.0 Å². The van der Waals surface area contributed by atoms with Gasteiger partial charge in [0.05, 0.1) is 0 Å². The van der Waals surface area contributed by atoms with E-state index in [1.165, 1.54) is 11.2 Å². The van der Waals surface area contributed by atoms with E-state index in [1.54, 1.807) is 37.7 Å². The first-order chi connectivity index (χ1) is 15.7. The molecule has 1 heterocycles. The number of hydrogen-bond acceptors (Lipinski definition) is 6. The van der Waals surface area contributed by atoms with E-state index in [-0.39, 0.29) is 30.6 Å². The quantitative estimate of drug-likeness (QED) is 0.432. The third-order valence-corrected chi connectivity index (χ3v) is 8.23. The molecule has 0 bridgehead atoms. The number of carbonyl (C=O) groups is 2. The van der Waals surface area contributed by atoms with E-state index in [1.807, 2.05) is 44.4 Å². The van der Waals surface area contributed by atoms with Crippen LogP contribution in [0.25, 0.3) is 0 Å². The number of hydrogen-bond donors (Lipinski definition) is 1. The number of ether oxygens (including phenoxy) is 1. The van der Waals surface area contributed by atoms with Gasteiger partial charge in [-0.2, -0.15) is 12.7 Å². The zero-order valence-electron chi connectivity index (χ0n) is 20.4. The van der Waals surface area contributed by atoms with Gasteiger partial charge in [0.15, 0.2) is 17.2 Å². The lowest BCUT2D eigenvalue weighted by molar-refractivity contribution is -0.129. The maximum Gasteiger partial charge on any atom is 0.276 e. The molecule has 1 aliphatic heterocycles. The summed E-state index contributed by atoms with van der Waals surface area (Å²) >= 11 is 1.58. The fourth-order valence-corrected chi connectivity index (χ4v) is 5.38. The second-order valence-corrected chi connectivity index (χ2v) is 11.7. The molecule has 34 heavy (non-hydrogen) atoms. The van der Waals surface area contributed by atoms with Gasteiger partial charge in [0.25, 0.3) is 10.2 Å². The molecule has 2 aromatic rings. The minimum atomic E-state index is -3.95. The first kappa shape index (κ1) is 26.4. The SMILES string of the molecule is CSc1ccc(C(=O)[C@@H]2CN(S(N)(=O)=O)C[C@H]2c2cc(C)c(OC(C)(C)C(C)=O)c(C)c2)cc1. The third-order valence-electron chi connectivity index (χ3n) is 6.47. The summed E-state index contributed by atoms with van der Waals surface area (Å²) in [5, 5.41) is 5.43. The maximum absolute atomic E-state index is 13.5. The average Bonchev–Trinajstić information content (AvgIpc) is 3.21. The average molecular weight is 505 g/mol. The van der Waals surface area contributed by atoms with E-state index in [0.29, 0.717) is 11.3 Å². The normalized spacial score (nSPS) is 19.3. The van der Waals surface area contributed by atoms with Crippen molar-refractivity contribution >= 4 is 33.5 Å². The Balaban J connectivity index is 2.00. The van der Waals surface area contributed by atoms with Crippen LogP contribution in [-0.2, 0) is 15.0 Å². The summed E-state index contributed by atoms with van der Waals surface area (Å²) in [4.78, 5) is 26.5. The first-order valence-corrected chi connectivity index (χ1v) is 13.7. The molecule has 0 unspecified atom stereocenters. The Labute approximate surface area is 206 Å². The molecular weight excluding hydrogens is 472 g/mol. The molecule has 0 amide bonds. The van der Waals surface area contributed by atoms with Crippen LogP contribution in [0.1, 0.15) is 53.7 Å². The van der Waals surface area contributed by atoms with Crippen molar-refractivity contribution in [3.8, 4) is 5.75 Å². The van der Waals surface area contributed by atoms with E-state index in [0.717, 1.165) is 21.6 Å². The highest BCUT2D eigenvalue weighted by Crippen LogP contribution is 2.39. The topological polar surface area (TPSA) is 107 Å². The van der Waals surface area contributed by atoms with E-state index in [2.05, 4.69) is 0 Å². The molecule has 7 nitrogen and oxygen atoms in total. The Hall–Kier alpha value is -2.20. The van der Waals surface area contributed by atoms with Crippen molar-refractivity contribution < 1.29 is 22.7 Å². The van der Waals surface area contributed by atoms with E-state index in [9.17, 15) is 18.0 Å². The van der Waals surface area contributed by atoms with Crippen LogP contribution >= 0.6 is 11.8 Å². The zero-order chi connectivity index (χ0) is 25.4. The van der Waals surface area contributed by atoms with Gasteiger partial charge in [0, 0.05) is 35.4 Å². The van der Waals surface area contributed by atoms with E-state index < -0.39 is 21.7 Å². The number of carbonyl (C=O) groups excluding carboxylic acids is 2. The van der Waals surface area contributed by atoms with Gasteiger partial charge in [-0.05, 0) is 69.7 Å². The Bertz CT molecular complexity index is 1180. The zero-order valence-corrected chi connectivity index (χ0v) is 22.0. The number of rotatable bonds is 8. The van der Waals surface area contributed by atoms with Crippen LogP contribution in [0.3, 0.4) is 0 Å². The number of benzene rings is 2. The highest BCUT2D eigenvalue weighted by Gasteiger charge is 2.42. The summed E-state index contributed by atoms with van der Waals surface area (Å²) < 4.78 is 31.5. The van der Waals surface area contributed by atoms with Gasteiger partial charge >= 0.3 is 0 Å². The molecule has 2 N–H and O–H groups in total. The molecule has 1 aliphatic rings. The molecular formula is C25H32N2O5S2. The Morgan fingerprint density at radius 3 is 2.12 bits per heavy atom. The summed E-state index contributed by atoms with van der Waals surface area (Å²) in [7, 11) is -3.95. The molecule has 0 aliphatic carbocycles. The molecule has 0 aromatic heterocycles. The second-order valence-electron chi connectivity index (χ2n) is 9.32. The van der Waals surface area contributed by atoms with Crippen molar-refractivity contribution in [1.29, 1.82) is 0 Å². The number of nitrogens with zero attached hydrogens (tertiary/aromatic N) is 1. The summed E-state index contributed by atoms with van der Waals surface area (Å²) in [5.41, 5.74) is 2.03. The predicted octanol–water partition coefficient (Wildman–Crippen LogP) is 3.87. The fourth-order valence-electron chi connectivity index (χ4n) is 4.23. The minimum absolute atomic E-state index is 0.0281. The molecule has 0 radical (unpaired) electrons. The molecule has 0 saturated carbocycles. The monoisotopic (exact) mass is 504 g/mol. The Morgan fingerprint density at radius 1 is 1.09 bits per heavy atom. The van der Waals surface area contributed by atoms with Gasteiger partial charge in [-0.25, -0.2) is 5.14 Å². The maximum atomic E-state index is 13.5. The van der Waals surface area contributed by atoms with Crippen molar-refractivity contribution in [3.63, 3.8) is 0 Å². The van der Waals surface area contributed by atoms with Crippen LogP contribution in [0.5, 0.6) is 5.75 Å². The lowest BCUT2D eigenvalue weighted by Gasteiger charge is -2.27. The van der Waals surface area contributed by atoms with Gasteiger partial charge < -0.3 is 4.74 Å². The number of Topliss-reactive ketones (excluding diaryl/α,β-unsaturated/α-hetero) is 2. The highest BCUT2D eigenvalue weighted by molar-refractivity contribution is 7.98. The number of thioether (sulfide) groups is 1. The van der Waals surface area contributed by atoms with Gasteiger partial charge in [-0.1, -0.05) is 24.3 Å².